The Morgan fingerprint density at radius 1 is 1.10 bits per heavy atom. The molecule has 1 aliphatic heterocycles. The smallest absolute Gasteiger partial charge is 0.216 e. The molecule has 5 rings (SSSR count). The first kappa shape index (κ1) is 28.9. The van der Waals surface area contributed by atoms with Crippen molar-refractivity contribution in [2.75, 3.05) is 30.6 Å². The normalized spacial score (nSPS) is 18.5. The summed E-state index contributed by atoms with van der Waals surface area (Å²) < 4.78 is 7.96. The highest BCUT2D eigenvalue weighted by atomic mass is 32.2. The summed E-state index contributed by atoms with van der Waals surface area (Å²) in [6.45, 7) is 13.5. The number of ether oxygens (including phenoxy) is 1. The van der Waals surface area contributed by atoms with Crippen molar-refractivity contribution in [3.8, 4) is 5.75 Å². The van der Waals surface area contributed by atoms with Gasteiger partial charge in [-0.3, -0.25) is 0 Å². The molecule has 0 amide bonds. The van der Waals surface area contributed by atoms with E-state index in [1.807, 2.05) is 23.5 Å². The minimum atomic E-state index is 0.206. The van der Waals surface area contributed by atoms with Gasteiger partial charge in [0.2, 0.25) is 5.52 Å². The topological polar surface area (TPSA) is 16.4 Å². The summed E-state index contributed by atoms with van der Waals surface area (Å²) in [7, 11) is 1.74. The van der Waals surface area contributed by atoms with Crippen molar-refractivity contribution >= 4 is 46.2 Å². The van der Waals surface area contributed by atoms with E-state index in [2.05, 4.69) is 111 Å². The molecule has 1 aliphatic carbocycles. The summed E-state index contributed by atoms with van der Waals surface area (Å²) in [5, 5.41) is 2.66. The molecule has 0 unspecified atom stereocenters. The zero-order valence-corrected chi connectivity index (χ0v) is 26.8. The standard InChI is InChI=1S/C35H43N2OS2/c1-8-37-31-11-10-29(38-6)21-32(31)40-33(37)20-27-18-26(22-35(4,5)23-27)19-28-12-14-36(13-9-15-39-7)34-25(3)16-24(2)17-30(28)34/h10-12,14,16-21H,8-9,13,15,22-23H2,1-7H3/q+1. The molecule has 2 heterocycles. The molecule has 0 saturated carbocycles. The fraction of sp³-hybridized carbons (Fsp3) is 0.400. The lowest BCUT2D eigenvalue weighted by molar-refractivity contribution is -0.671. The van der Waals surface area contributed by atoms with Gasteiger partial charge in [-0.15, -0.1) is 0 Å². The summed E-state index contributed by atoms with van der Waals surface area (Å²) >= 11 is 3.78. The van der Waals surface area contributed by atoms with Crippen LogP contribution in [0.5, 0.6) is 5.75 Å². The molecule has 0 radical (unpaired) electrons. The summed E-state index contributed by atoms with van der Waals surface area (Å²) in [5.74, 6) is 2.10. The Hall–Kier alpha value is -2.63. The van der Waals surface area contributed by atoms with Crippen molar-refractivity contribution in [2.45, 2.75) is 65.3 Å². The molecule has 1 aromatic heterocycles. The van der Waals surface area contributed by atoms with E-state index in [9.17, 15) is 0 Å². The summed E-state index contributed by atoms with van der Waals surface area (Å²) in [6.07, 6.45) is 15.2. The number of pyridine rings is 1. The Bertz CT molecular complexity index is 1520. The average molecular weight is 572 g/mol. The van der Waals surface area contributed by atoms with Crippen molar-refractivity contribution in [2.24, 2.45) is 5.41 Å². The monoisotopic (exact) mass is 571 g/mol. The van der Waals surface area contributed by atoms with Gasteiger partial charge in [0.15, 0.2) is 6.20 Å². The molecular formula is C35H43N2OS2+. The maximum atomic E-state index is 5.50. The van der Waals surface area contributed by atoms with Crippen LogP contribution in [0.15, 0.2) is 75.8 Å². The number of rotatable bonds is 8. The Morgan fingerprint density at radius 3 is 2.67 bits per heavy atom. The van der Waals surface area contributed by atoms with Crippen LogP contribution in [0.3, 0.4) is 0 Å². The number of aryl methyl sites for hydroxylation is 3. The van der Waals surface area contributed by atoms with Gasteiger partial charge in [-0.25, -0.2) is 0 Å². The van der Waals surface area contributed by atoms with E-state index in [4.69, 9.17) is 4.74 Å². The van der Waals surface area contributed by atoms with E-state index in [0.717, 1.165) is 31.7 Å². The summed E-state index contributed by atoms with van der Waals surface area (Å²) in [6, 6.07) is 13.4. The lowest BCUT2D eigenvalue weighted by Gasteiger charge is -2.31. The Labute approximate surface area is 249 Å². The number of anilines is 1. The van der Waals surface area contributed by atoms with Crippen LogP contribution < -0.4 is 14.2 Å². The molecule has 0 N–H and O–H groups in total. The van der Waals surface area contributed by atoms with Gasteiger partial charge >= 0.3 is 0 Å². The second-order valence-corrected chi connectivity index (χ2v) is 14.0. The highest BCUT2D eigenvalue weighted by Gasteiger charge is 2.29. The quantitative estimate of drug-likeness (QED) is 0.198. The number of thioether (sulfide) groups is 2. The number of hydrogen-bond donors (Lipinski definition) is 0. The summed E-state index contributed by atoms with van der Waals surface area (Å²) in [4.78, 5) is 3.70. The predicted molar refractivity (Wildman–Crippen MR) is 176 cm³/mol. The van der Waals surface area contributed by atoms with Gasteiger partial charge in [-0.2, -0.15) is 16.3 Å². The minimum absolute atomic E-state index is 0.206. The zero-order chi connectivity index (χ0) is 28.4. The lowest BCUT2D eigenvalue weighted by atomic mass is 9.75. The van der Waals surface area contributed by atoms with E-state index in [1.165, 1.54) is 66.5 Å². The van der Waals surface area contributed by atoms with Crippen molar-refractivity contribution in [3.63, 3.8) is 0 Å². The molecule has 210 valence electrons. The number of hydrogen-bond acceptors (Lipinski definition) is 4. The number of allylic oxidation sites excluding steroid dienone is 4. The maximum absolute atomic E-state index is 5.50. The molecule has 0 atom stereocenters. The highest BCUT2D eigenvalue weighted by molar-refractivity contribution is 8.03. The Balaban J connectivity index is 1.54. The largest absolute Gasteiger partial charge is 0.497 e. The van der Waals surface area contributed by atoms with Crippen molar-refractivity contribution in [3.05, 3.63) is 87.6 Å². The third-order valence-corrected chi connectivity index (χ3v) is 9.66. The van der Waals surface area contributed by atoms with Crippen molar-refractivity contribution in [1.82, 2.24) is 0 Å². The van der Waals surface area contributed by atoms with Gasteiger partial charge in [0, 0.05) is 29.5 Å². The van der Waals surface area contributed by atoms with Gasteiger partial charge in [0.1, 0.15) is 12.3 Å². The van der Waals surface area contributed by atoms with E-state index in [1.54, 1.807) is 7.11 Å². The van der Waals surface area contributed by atoms with Gasteiger partial charge in [0.25, 0.3) is 0 Å². The summed E-state index contributed by atoms with van der Waals surface area (Å²) in [5.41, 5.74) is 9.68. The van der Waals surface area contributed by atoms with Gasteiger partial charge in [0.05, 0.1) is 23.2 Å². The second kappa shape index (κ2) is 12.1. The number of nitrogens with zero attached hydrogens (tertiary/aromatic N) is 2. The van der Waals surface area contributed by atoms with E-state index >= 15 is 0 Å². The second-order valence-electron chi connectivity index (χ2n) is 11.9. The van der Waals surface area contributed by atoms with Crippen LogP contribution in [0.1, 0.15) is 56.7 Å². The van der Waals surface area contributed by atoms with Crippen LogP contribution in [0.4, 0.5) is 5.69 Å². The van der Waals surface area contributed by atoms with Gasteiger partial charge in [-0.1, -0.05) is 37.8 Å². The highest BCUT2D eigenvalue weighted by Crippen LogP contribution is 2.49. The molecule has 3 aromatic rings. The van der Waals surface area contributed by atoms with Gasteiger partial charge < -0.3 is 9.64 Å². The molecule has 0 saturated heterocycles. The molecule has 40 heavy (non-hydrogen) atoms. The minimum Gasteiger partial charge on any atom is -0.497 e. The lowest BCUT2D eigenvalue weighted by Crippen LogP contribution is -2.35. The molecule has 0 spiro atoms. The van der Waals surface area contributed by atoms with Crippen LogP contribution in [-0.2, 0) is 6.54 Å². The Kier molecular flexibility index (Phi) is 8.72. The zero-order valence-electron chi connectivity index (χ0n) is 25.1. The van der Waals surface area contributed by atoms with Crippen LogP contribution in [0, 0.1) is 19.3 Å². The van der Waals surface area contributed by atoms with Crippen LogP contribution >= 0.6 is 23.5 Å². The van der Waals surface area contributed by atoms with Crippen LogP contribution in [0.2, 0.25) is 0 Å². The average Bonchev–Trinajstić information content (AvgIpc) is 3.24. The SMILES string of the molecule is CCN1C(=CC2=CC(=Cc3cc[n+](CCCSC)c4c(C)cc(C)cc34)CC(C)(C)C2)Sc2cc(OC)ccc21. The van der Waals surface area contributed by atoms with Crippen LogP contribution in [-0.4, -0.2) is 25.7 Å². The first-order valence-electron chi connectivity index (χ1n) is 14.4. The fourth-order valence-corrected chi connectivity index (χ4v) is 7.93. The number of benzene rings is 2. The molecule has 2 aromatic carbocycles. The fourth-order valence-electron chi connectivity index (χ4n) is 6.29. The first-order valence-corrected chi connectivity index (χ1v) is 16.6. The number of methoxy groups -OCH3 is 1. The van der Waals surface area contributed by atoms with E-state index < -0.39 is 0 Å². The third-order valence-electron chi connectivity index (χ3n) is 7.87. The number of fused-ring (bicyclic) bond motifs is 2. The van der Waals surface area contributed by atoms with E-state index in [0.29, 0.717) is 0 Å². The first-order chi connectivity index (χ1) is 19.2. The van der Waals surface area contributed by atoms with Gasteiger partial charge in [-0.05, 0) is 110 Å². The molecule has 5 heteroatoms. The molecular weight excluding hydrogens is 529 g/mol. The molecule has 0 fully saturated rings. The predicted octanol–water partition coefficient (Wildman–Crippen LogP) is 9.11. The maximum Gasteiger partial charge on any atom is 0.216 e. The van der Waals surface area contributed by atoms with Crippen molar-refractivity contribution < 1.29 is 9.30 Å². The number of aromatic nitrogens is 1. The Morgan fingerprint density at radius 2 is 1.93 bits per heavy atom. The third kappa shape index (κ3) is 6.16. The van der Waals surface area contributed by atoms with Crippen molar-refractivity contribution in [1.29, 1.82) is 0 Å². The molecule has 3 nitrogen and oxygen atoms in total. The van der Waals surface area contributed by atoms with E-state index in [-0.39, 0.29) is 5.41 Å². The van der Waals surface area contributed by atoms with Crippen LogP contribution in [0.25, 0.3) is 17.0 Å². The molecule has 0 bridgehead atoms. The molecule has 2 aliphatic rings.